The van der Waals surface area contributed by atoms with E-state index in [2.05, 4.69) is 11.9 Å². The van der Waals surface area contributed by atoms with Gasteiger partial charge in [-0.2, -0.15) is 0 Å². The molecule has 0 fully saturated rings. The van der Waals surface area contributed by atoms with Gasteiger partial charge in [0.1, 0.15) is 0 Å². The van der Waals surface area contributed by atoms with Gasteiger partial charge in [0.15, 0.2) is 0 Å². The molecule has 0 saturated carbocycles. The molecule has 0 saturated heterocycles. The SMILES string of the molecule is CO[C@H](c1ccccc1)[C@H]1C[Se+](C)c2ccccc2C1=O.F[B-](F)(F)F. The maximum absolute atomic E-state index is 12.9. The Morgan fingerprint density at radius 1 is 1.04 bits per heavy atom. The normalized spacial score (nSPS) is 20.6. The average Bonchev–Trinajstić information content (AvgIpc) is 2.59. The van der Waals surface area contributed by atoms with Crippen LogP contribution in [0.15, 0.2) is 54.6 Å². The second-order valence-electron chi connectivity index (χ2n) is 5.83. The molecule has 26 heavy (non-hydrogen) atoms. The topological polar surface area (TPSA) is 26.3 Å². The third-order valence-corrected chi connectivity index (χ3v) is 8.17. The molecule has 1 aliphatic heterocycles. The molecule has 3 atom stereocenters. The average molecular weight is 433 g/mol. The standard InChI is InChI=1S/C18H19O2Se.BF4/c1-20-18(13-8-4-3-5-9-13)15-12-21(2)16-11-7-6-10-14(16)17(15)19;2-1(3,4)5/h3-11,15,18H,12H2,1-2H3;/q+1;-1/t15-,18+,21?;/m0./s1. The first-order valence-electron chi connectivity index (χ1n) is 7.93. The van der Waals surface area contributed by atoms with E-state index in [1.807, 2.05) is 48.5 Å². The Morgan fingerprint density at radius 2 is 1.58 bits per heavy atom. The van der Waals surface area contributed by atoms with Gasteiger partial charge >= 0.3 is 137 Å². The van der Waals surface area contributed by atoms with Gasteiger partial charge in [0.25, 0.3) is 0 Å². The zero-order valence-electron chi connectivity index (χ0n) is 14.4. The number of Topliss-reactive ketones (excluding diaryl/α,β-unsaturated/α-hetero) is 1. The van der Waals surface area contributed by atoms with Crippen LogP contribution in [0.25, 0.3) is 0 Å². The van der Waals surface area contributed by atoms with Crippen molar-refractivity contribution in [2.45, 2.75) is 17.2 Å². The van der Waals surface area contributed by atoms with E-state index in [-0.39, 0.29) is 17.8 Å². The van der Waals surface area contributed by atoms with E-state index >= 15 is 0 Å². The van der Waals surface area contributed by atoms with E-state index in [4.69, 9.17) is 4.74 Å². The zero-order chi connectivity index (χ0) is 19.3. The van der Waals surface area contributed by atoms with Crippen molar-refractivity contribution in [2.24, 2.45) is 5.92 Å². The fraction of sp³-hybridized carbons (Fsp3) is 0.278. The molecule has 0 aliphatic carbocycles. The number of ketones is 1. The Hall–Kier alpha value is -1.63. The number of carbonyl (C=O) groups excluding carboxylic acids is 1. The number of ether oxygens (including phenoxy) is 1. The molecule has 3 rings (SSSR count). The van der Waals surface area contributed by atoms with Gasteiger partial charge in [0, 0.05) is 0 Å². The summed E-state index contributed by atoms with van der Waals surface area (Å²) in [5.74, 6) is 2.50. The molecule has 0 bridgehead atoms. The first-order chi connectivity index (χ1) is 12.2. The Kier molecular flexibility index (Phi) is 7.04. The predicted octanol–water partition coefficient (Wildman–Crippen LogP) is 4.52. The maximum atomic E-state index is 12.9. The van der Waals surface area contributed by atoms with Gasteiger partial charge < -0.3 is 17.3 Å². The summed E-state index contributed by atoms with van der Waals surface area (Å²) in [4.78, 5) is 12.9. The first kappa shape index (κ1) is 20.7. The van der Waals surface area contributed by atoms with Crippen molar-refractivity contribution >= 4 is 31.4 Å². The molecule has 0 radical (unpaired) electrons. The van der Waals surface area contributed by atoms with Gasteiger partial charge in [-0.15, -0.1) is 0 Å². The second kappa shape index (κ2) is 8.84. The number of benzene rings is 2. The van der Waals surface area contributed by atoms with Crippen LogP contribution < -0.4 is 4.46 Å². The number of methoxy groups -OCH3 is 1. The van der Waals surface area contributed by atoms with Gasteiger partial charge in [-0.3, -0.25) is 0 Å². The van der Waals surface area contributed by atoms with Crippen LogP contribution in [0.2, 0.25) is 11.1 Å². The molecule has 2 aromatic carbocycles. The summed E-state index contributed by atoms with van der Waals surface area (Å²) >= 11 is -0.937. The smallest absolute Gasteiger partial charge is 0.418 e. The van der Waals surface area contributed by atoms with Crippen LogP contribution in [0.1, 0.15) is 22.0 Å². The summed E-state index contributed by atoms with van der Waals surface area (Å²) in [5.41, 5.74) is 2.01. The van der Waals surface area contributed by atoms with Crippen LogP contribution in [0.5, 0.6) is 0 Å². The number of halogens is 4. The van der Waals surface area contributed by atoms with Gasteiger partial charge in [-0.05, 0) is 0 Å². The molecule has 0 spiro atoms. The van der Waals surface area contributed by atoms with Gasteiger partial charge in [-0.1, -0.05) is 0 Å². The van der Waals surface area contributed by atoms with Crippen molar-refractivity contribution in [2.75, 3.05) is 7.11 Å². The summed E-state index contributed by atoms with van der Waals surface area (Å²) in [6, 6.07) is 18.2. The minimum Gasteiger partial charge on any atom is -0.418 e. The van der Waals surface area contributed by atoms with E-state index in [0.717, 1.165) is 16.4 Å². The number of hydrogen-bond donors (Lipinski definition) is 0. The molecule has 2 aromatic rings. The number of fused-ring (bicyclic) bond motifs is 1. The van der Waals surface area contributed by atoms with Crippen molar-refractivity contribution in [1.82, 2.24) is 0 Å². The Balaban J connectivity index is 0.000000431. The molecule has 0 aromatic heterocycles. The largest absolute Gasteiger partial charge is 0.673 e. The van der Waals surface area contributed by atoms with E-state index in [1.54, 1.807) is 7.11 Å². The van der Waals surface area contributed by atoms with Crippen LogP contribution in [-0.4, -0.2) is 34.0 Å². The van der Waals surface area contributed by atoms with Gasteiger partial charge in [0.05, 0.1) is 0 Å². The van der Waals surface area contributed by atoms with Crippen LogP contribution in [0.4, 0.5) is 17.3 Å². The van der Waals surface area contributed by atoms with E-state index < -0.39 is 21.2 Å². The first-order valence-corrected chi connectivity index (χ1v) is 11.7. The molecule has 1 aliphatic rings. The van der Waals surface area contributed by atoms with Gasteiger partial charge in [0.2, 0.25) is 0 Å². The molecule has 1 unspecified atom stereocenters. The molecule has 2 nitrogen and oxygen atoms in total. The third-order valence-electron chi connectivity index (χ3n) is 4.04. The summed E-state index contributed by atoms with van der Waals surface area (Å²) in [6.45, 7) is 0. The zero-order valence-corrected chi connectivity index (χ0v) is 16.1. The summed E-state index contributed by atoms with van der Waals surface area (Å²) in [6.07, 6.45) is -0.141. The minimum atomic E-state index is -6.00. The Labute approximate surface area is 154 Å². The minimum absolute atomic E-state index is 0.0534. The quantitative estimate of drug-likeness (QED) is 0.526. The third kappa shape index (κ3) is 5.43. The van der Waals surface area contributed by atoms with Crippen molar-refractivity contribution in [3.8, 4) is 0 Å². The number of hydrogen-bond acceptors (Lipinski definition) is 2. The molecule has 0 amide bonds. The summed E-state index contributed by atoms with van der Waals surface area (Å²) < 4.78 is 46.0. The van der Waals surface area contributed by atoms with Crippen LogP contribution in [0, 0.1) is 5.92 Å². The van der Waals surface area contributed by atoms with Crippen LogP contribution in [-0.2, 0) is 4.74 Å². The van der Waals surface area contributed by atoms with E-state index in [0.29, 0.717) is 0 Å². The van der Waals surface area contributed by atoms with Crippen molar-refractivity contribution in [1.29, 1.82) is 0 Å². The van der Waals surface area contributed by atoms with Crippen molar-refractivity contribution in [3.05, 3.63) is 65.7 Å². The molecular formula is C18H19BF4O2Se. The number of rotatable bonds is 3. The van der Waals surface area contributed by atoms with E-state index in [9.17, 15) is 22.1 Å². The summed E-state index contributed by atoms with van der Waals surface area (Å²) in [7, 11) is -4.30. The molecule has 8 heteroatoms. The second-order valence-corrected chi connectivity index (χ2v) is 10.1. The van der Waals surface area contributed by atoms with Gasteiger partial charge in [-0.25, -0.2) is 0 Å². The monoisotopic (exact) mass is 434 g/mol. The summed E-state index contributed by atoms with van der Waals surface area (Å²) in [5, 5.41) is 0.962. The van der Waals surface area contributed by atoms with Crippen molar-refractivity contribution in [3.63, 3.8) is 0 Å². The molecule has 140 valence electrons. The number of carbonyl (C=O) groups is 1. The predicted molar refractivity (Wildman–Crippen MR) is 96.7 cm³/mol. The molecule has 1 heterocycles. The Morgan fingerprint density at radius 3 is 2.15 bits per heavy atom. The maximum Gasteiger partial charge on any atom is 0.673 e. The van der Waals surface area contributed by atoms with Crippen molar-refractivity contribution < 1.29 is 26.8 Å². The molecule has 0 N–H and O–H groups in total. The fourth-order valence-corrected chi connectivity index (χ4v) is 6.99. The molecular weight excluding hydrogens is 414 g/mol. The van der Waals surface area contributed by atoms with Crippen LogP contribution >= 0.6 is 0 Å². The Bertz CT molecular complexity index is 733. The van der Waals surface area contributed by atoms with E-state index in [1.165, 1.54) is 4.46 Å². The fourth-order valence-electron chi connectivity index (χ4n) is 3.01. The van der Waals surface area contributed by atoms with Crippen LogP contribution in [0.3, 0.4) is 0 Å².